The minimum atomic E-state index is -3.56. The van der Waals surface area contributed by atoms with E-state index >= 15 is 0 Å². The predicted molar refractivity (Wildman–Crippen MR) is 80.9 cm³/mol. The van der Waals surface area contributed by atoms with Gasteiger partial charge in [0.2, 0.25) is 0 Å². The molecule has 1 unspecified atom stereocenters. The first-order chi connectivity index (χ1) is 9.50. The summed E-state index contributed by atoms with van der Waals surface area (Å²) >= 11 is 0. The van der Waals surface area contributed by atoms with Crippen LogP contribution in [0.1, 0.15) is 21.5 Å². The second-order valence-electron chi connectivity index (χ2n) is 4.64. The van der Waals surface area contributed by atoms with E-state index in [1.165, 1.54) is 7.11 Å². The smallest absolute Gasteiger partial charge is 0.300 e. The summed E-state index contributed by atoms with van der Waals surface area (Å²) in [7, 11) is -2.24. The van der Waals surface area contributed by atoms with E-state index in [1.54, 1.807) is 24.3 Å². The number of hydrogen-bond donors (Lipinski definition) is 0. The van der Waals surface area contributed by atoms with Crippen LogP contribution < -0.4 is 5.30 Å². The highest BCUT2D eigenvalue weighted by Gasteiger charge is 2.36. The molecule has 0 heterocycles. The first kappa shape index (κ1) is 14.7. The minimum absolute atomic E-state index is 0.426. The van der Waals surface area contributed by atoms with E-state index in [0.717, 1.165) is 11.1 Å². The highest BCUT2D eigenvalue weighted by Crippen LogP contribution is 2.49. The molecule has 3 nitrogen and oxygen atoms in total. The Morgan fingerprint density at radius 2 is 1.50 bits per heavy atom. The summed E-state index contributed by atoms with van der Waals surface area (Å²) in [6.45, 7) is 3.68. The monoisotopic (exact) mass is 288 g/mol. The lowest BCUT2D eigenvalue weighted by atomic mass is 10.0. The van der Waals surface area contributed by atoms with Crippen molar-refractivity contribution < 1.29 is 13.9 Å². The minimum Gasteiger partial charge on any atom is -0.323 e. The summed E-state index contributed by atoms with van der Waals surface area (Å²) in [6.07, 6.45) is 0. The molecule has 2 rings (SSSR count). The van der Waals surface area contributed by atoms with Crippen molar-refractivity contribution in [2.45, 2.75) is 13.8 Å². The Hall–Kier alpha value is -1.70. The molecule has 4 heteroatoms. The number of aryl methyl sites for hydroxylation is 2. The van der Waals surface area contributed by atoms with E-state index in [4.69, 9.17) is 4.52 Å². The van der Waals surface area contributed by atoms with Gasteiger partial charge in [0.15, 0.2) is 0 Å². The average molecular weight is 288 g/mol. The third-order valence-electron chi connectivity index (χ3n) is 3.32. The molecule has 0 aliphatic carbocycles. The van der Waals surface area contributed by atoms with Crippen LogP contribution in [0.5, 0.6) is 0 Å². The van der Waals surface area contributed by atoms with Crippen LogP contribution in [-0.4, -0.2) is 12.6 Å². The molecule has 0 radical (unpaired) electrons. The highest BCUT2D eigenvalue weighted by atomic mass is 31.2. The SMILES string of the molecule is COP(=O)(C(=O)c1c(C)cccc1C)c1ccccc1. The lowest BCUT2D eigenvalue weighted by Gasteiger charge is -2.17. The van der Waals surface area contributed by atoms with Gasteiger partial charge in [0.1, 0.15) is 0 Å². The Balaban J connectivity index is 2.59. The second kappa shape index (κ2) is 5.74. The third-order valence-corrected chi connectivity index (χ3v) is 5.57. The maximum atomic E-state index is 13.0. The molecule has 0 bridgehead atoms. The van der Waals surface area contributed by atoms with Gasteiger partial charge in [-0.05, 0) is 37.1 Å². The van der Waals surface area contributed by atoms with E-state index in [0.29, 0.717) is 10.9 Å². The molecule has 0 amide bonds. The molecule has 104 valence electrons. The van der Waals surface area contributed by atoms with Crippen LogP contribution in [0.4, 0.5) is 0 Å². The molecule has 0 saturated heterocycles. The second-order valence-corrected chi connectivity index (χ2v) is 7.03. The van der Waals surface area contributed by atoms with Crippen molar-refractivity contribution in [3.05, 3.63) is 65.2 Å². The number of carbonyl (C=O) groups is 1. The molecule has 2 aromatic rings. The number of hydrogen-bond acceptors (Lipinski definition) is 3. The molecular formula is C16H17O3P. The molecule has 1 atom stereocenters. The highest BCUT2D eigenvalue weighted by molar-refractivity contribution is 7.83. The number of carbonyl (C=O) groups excluding carboxylic acids is 1. The summed E-state index contributed by atoms with van der Waals surface area (Å²) in [6, 6.07) is 14.2. The van der Waals surface area contributed by atoms with E-state index in [2.05, 4.69) is 0 Å². The van der Waals surface area contributed by atoms with Gasteiger partial charge in [-0.15, -0.1) is 0 Å². The standard InChI is InChI=1S/C16H17O3P/c1-12-8-7-9-13(2)15(12)16(17)20(18,19-3)14-10-5-4-6-11-14/h4-11H,1-3H3. The molecule has 0 aromatic heterocycles. The topological polar surface area (TPSA) is 43.4 Å². The molecule has 0 fully saturated rings. The molecule has 0 aliphatic heterocycles. The first-order valence-corrected chi connectivity index (χ1v) is 7.95. The molecule has 0 spiro atoms. The van der Waals surface area contributed by atoms with Gasteiger partial charge in [-0.2, -0.15) is 0 Å². The normalized spacial score (nSPS) is 13.8. The van der Waals surface area contributed by atoms with Crippen LogP contribution >= 0.6 is 7.37 Å². The van der Waals surface area contributed by atoms with E-state index in [-0.39, 0.29) is 0 Å². The van der Waals surface area contributed by atoms with Crippen molar-refractivity contribution >= 4 is 18.2 Å². The quantitative estimate of drug-likeness (QED) is 0.806. The molecule has 0 aliphatic rings. The van der Waals surface area contributed by atoms with Crippen molar-refractivity contribution in [3.8, 4) is 0 Å². The zero-order valence-electron chi connectivity index (χ0n) is 11.8. The van der Waals surface area contributed by atoms with Gasteiger partial charge < -0.3 is 4.52 Å². The van der Waals surface area contributed by atoms with Crippen molar-refractivity contribution in [2.24, 2.45) is 0 Å². The van der Waals surface area contributed by atoms with E-state index in [9.17, 15) is 9.36 Å². The van der Waals surface area contributed by atoms with Gasteiger partial charge in [0, 0.05) is 18.0 Å². The molecule has 2 aromatic carbocycles. The van der Waals surface area contributed by atoms with Crippen molar-refractivity contribution in [3.63, 3.8) is 0 Å². The third kappa shape index (κ3) is 2.47. The number of rotatable bonds is 4. The predicted octanol–water partition coefficient (Wildman–Crippen LogP) is 3.69. The Morgan fingerprint density at radius 1 is 0.950 bits per heavy atom. The fraction of sp³-hybridized carbons (Fsp3) is 0.188. The summed E-state index contributed by atoms with van der Waals surface area (Å²) in [5.41, 5.74) is 1.66. The largest absolute Gasteiger partial charge is 0.323 e. The van der Waals surface area contributed by atoms with E-state index < -0.39 is 12.9 Å². The van der Waals surface area contributed by atoms with E-state index in [1.807, 2.05) is 38.1 Å². The van der Waals surface area contributed by atoms with Gasteiger partial charge in [-0.1, -0.05) is 36.4 Å². The van der Waals surface area contributed by atoms with Gasteiger partial charge in [-0.25, -0.2) is 0 Å². The summed E-state index contributed by atoms with van der Waals surface area (Å²) in [5, 5.41) is 0.426. The lowest BCUT2D eigenvalue weighted by molar-refractivity contribution is 0.105. The molecular weight excluding hydrogens is 271 g/mol. The van der Waals surface area contributed by atoms with Crippen molar-refractivity contribution in [2.75, 3.05) is 7.11 Å². The summed E-state index contributed by atoms with van der Waals surface area (Å²) in [4.78, 5) is 12.8. The Morgan fingerprint density at radius 3 is 2.00 bits per heavy atom. The van der Waals surface area contributed by atoms with Crippen LogP contribution in [0.25, 0.3) is 0 Å². The van der Waals surface area contributed by atoms with Crippen LogP contribution in [-0.2, 0) is 9.09 Å². The van der Waals surface area contributed by atoms with Crippen LogP contribution in [0.3, 0.4) is 0 Å². The van der Waals surface area contributed by atoms with Gasteiger partial charge >= 0.3 is 7.37 Å². The maximum Gasteiger partial charge on any atom is 0.300 e. The fourth-order valence-corrected chi connectivity index (χ4v) is 4.05. The maximum absolute atomic E-state index is 13.0. The van der Waals surface area contributed by atoms with Crippen LogP contribution in [0.15, 0.2) is 48.5 Å². The zero-order chi connectivity index (χ0) is 14.8. The number of benzene rings is 2. The van der Waals surface area contributed by atoms with Crippen molar-refractivity contribution in [1.82, 2.24) is 0 Å². The molecule has 20 heavy (non-hydrogen) atoms. The molecule has 0 N–H and O–H groups in total. The Labute approximate surface area is 119 Å². The van der Waals surface area contributed by atoms with Gasteiger partial charge in [0.05, 0.1) is 0 Å². The zero-order valence-corrected chi connectivity index (χ0v) is 12.7. The Bertz CT molecular complexity index is 657. The fourth-order valence-electron chi connectivity index (χ4n) is 2.23. The average Bonchev–Trinajstić information content (AvgIpc) is 2.47. The van der Waals surface area contributed by atoms with Crippen molar-refractivity contribution in [1.29, 1.82) is 0 Å². The van der Waals surface area contributed by atoms with Crippen LogP contribution in [0, 0.1) is 13.8 Å². The Kier molecular flexibility index (Phi) is 4.22. The van der Waals surface area contributed by atoms with Gasteiger partial charge in [0.25, 0.3) is 5.52 Å². The van der Waals surface area contributed by atoms with Crippen LogP contribution in [0.2, 0.25) is 0 Å². The van der Waals surface area contributed by atoms with Gasteiger partial charge in [-0.3, -0.25) is 9.36 Å². The summed E-state index contributed by atoms with van der Waals surface area (Å²) in [5.74, 6) is 0. The first-order valence-electron chi connectivity index (χ1n) is 6.33. The lowest BCUT2D eigenvalue weighted by Crippen LogP contribution is -2.16. The summed E-state index contributed by atoms with van der Waals surface area (Å²) < 4.78 is 18.2. The molecule has 0 saturated carbocycles.